The largest absolute Gasteiger partial charge is 0.293 e. The van der Waals surface area contributed by atoms with E-state index in [0.717, 1.165) is 0 Å². The van der Waals surface area contributed by atoms with Gasteiger partial charge in [0.15, 0.2) is 5.69 Å². The molecule has 0 saturated carbocycles. The van der Waals surface area contributed by atoms with E-state index in [4.69, 9.17) is 11.6 Å². The predicted octanol–water partition coefficient (Wildman–Crippen LogP) is 1.68. The fraction of sp³-hybridized carbons (Fsp3) is 0.333. The second-order valence-corrected chi connectivity index (χ2v) is 4.49. The molecule has 0 bridgehead atoms. The van der Waals surface area contributed by atoms with Crippen LogP contribution in [0.5, 0.6) is 0 Å². The summed E-state index contributed by atoms with van der Waals surface area (Å²) in [6.07, 6.45) is 4.05. The first-order valence-corrected chi connectivity index (χ1v) is 6.72. The number of hydrogen-bond donors (Lipinski definition) is 1. The van der Waals surface area contributed by atoms with E-state index in [1.165, 1.54) is 21.8 Å². The van der Waals surface area contributed by atoms with Crippen LogP contribution in [-0.4, -0.2) is 31.7 Å². The topological polar surface area (TPSA) is 77.1 Å². The minimum atomic E-state index is -0.563. The van der Waals surface area contributed by atoms with Gasteiger partial charge in [-0.3, -0.25) is 9.48 Å². The Morgan fingerprint density at radius 3 is 2.86 bits per heavy atom. The molecule has 0 spiro atoms. The SMILES string of the molecule is CCn1cc(Cl)c(C(=O)N/N=C/c2cnn(CC)c2F)n1. The quantitative estimate of drug-likeness (QED) is 0.674. The molecule has 2 aromatic heterocycles. The zero-order valence-electron chi connectivity index (χ0n) is 11.5. The van der Waals surface area contributed by atoms with Crippen LogP contribution in [0.3, 0.4) is 0 Å². The summed E-state index contributed by atoms with van der Waals surface area (Å²) in [6, 6.07) is 0. The summed E-state index contributed by atoms with van der Waals surface area (Å²) in [5, 5.41) is 11.7. The molecule has 0 fully saturated rings. The van der Waals surface area contributed by atoms with Gasteiger partial charge < -0.3 is 0 Å². The minimum Gasteiger partial charge on any atom is -0.271 e. The molecule has 0 unspecified atom stereocenters. The van der Waals surface area contributed by atoms with Crippen LogP contribution >= 0.6 is 11.6 Å². The maximum absolute atomic E-state index is 13.7. The zero-order chi connectivity index (χ0) is 15.4. The van der Waals surface area contributed by atoms with Crippen molar-refractivity contribution in [2.75, 3.05) is 0 Å². The standard InChI is InChI=1S/C12H14ClFN6O/c1-3-19-7-9(13)10(18-19)12(21)17-15-5-8-6-16-20(4-2)11(8)14/h5-7H,3-4H2,1-2H3,(H,17,21)/b15-5+. The maximum atomic E-state index is 13.7. The molecule has 112 valence electrons. The highest BCUT2D eigenvalue weighted by atomic mass is 35.5. The Morgan fingerprint density at radius 1 is 1.52 bits per heavy atom. The third-order valence-electron chi connectivity index (χ3n) is 2.73. The highest BCUT2D eigenvalue weighted by molar-refractivity contribution is 6.33. The molecular formula is C12H14ClFN6O. The van der Waals surface area contributed by atoms with Crippen molar-refractivity contribution in [3.8, 4) is 0 Å². The summed E-state index contributed by atoms with van der Waals surface area (Å²) in [5.74, 6) is -1.07. The summed E-state index contributed by atoms with van der Waals surface area (Å²) in [6.45, 7) is 4.65. The molecule has 2 aromatic rings. The monoisotopic (exact) mass is 312 g/mol. The molecule has 1 N–H and O–H groups in total. The number of hydrogen-bond acceptors (Lipinski definition) is 4. The van der Waals surface area contributed by atoms with Gasteiger partial charge in [0.05, 0.1) is 23.0 Å². The van der Waals surface area contributed by atoms with Crippen LogP contribution in [0.25, 0.3) is 0 Å². The van der Waals surface area contributed by atoms with Crippen LogP contribution in [0, 0.1) is 5.95 Å². The minimum absolute atomic E-state index is 0.0698. The van der Waals surface area contributed by atoms with Gasteiger partial charge in [-0.05, 0) is 13.8 Å². The number of aryl methyl sites for hydroxylation is 2. The van der Waals surface area contributed by atoms with Crippen LogP contribution < -0.4 is 5.43 Å². The fourth-order valence-electron chi connectivity index (χ4n) is 1.62. The lowest BCUT2D eigenvalue weighted by Crippen LogP contribution is -2.19. The molecule has 7 nitrogen and oxygen atoms in total. The van der Waals surface area contributed by atoms with E-state index in [0.29, 0.717) is 13.1 Å². The van der Waals surface area contributed by atoms with Crippen LogP contribution in [0.15, 0.2) is 17.5 Å². The number of rotatable bonds is 5. The summed E-state index contributed by atoms with van der Waals surface area (Å²) < 4.78 is 16.4. The average molecular weight is 313 g/mol. The average Bonchev–Trinajstić information content (AvgIpc) is 3.02. The highest BCUT2D eigenvalue weighted by Gasteiger charge is 2.14. The fourth-order valence-corrected chi connectivity index (χ4v) is 1.85. The van der Waals surface area contributed by atoms with Crippen molar-refractivity contribution in [3.63, 3.8) is 0 Å². The number of hydrazone groups is 1. The molecule has 0 radical (unpaired) electrons. The molecule has 0 aliphatic heterocycles. The van der Waals surface area contributed by atoms with Gasteiger partial charge in [-0.1, -0.05) is 11.6 Å². The predicted molar refractivity (Wildman–Crippen MR) is 75.8 cm³/mol. The molecule has 0 atom stereocenters. The summed E-state index contributed by atoms with van der Waals surface area (Å²) in [4.78, 5) is 11.8. The van der Waals surface area contributed by atoms with E-state index >= 15 is 0 Å². The highest BCUT2D eigenvalue weighted by Crippen LogP contribution is 2.13. The van der Waals surface area contributed by atoms with E-state index < -0.39 is 11.9 Å². The van der Waals surface area contributed by atoms with Crippen LogP contribution in [0.1, 0.15) is 29.9 Å². The maximum Gasteiger partial charge on any atom is 0.293 e. The van der Waals surface area contributed by atoms with Gasteiger partial charge in [-0.15, -0.1) is 0 Å². The zero-order valence-corrected chi connectivity index (χ0v) is 12.3. The molecule has 0 aliphatic carbocycles. The molecule has 0 aliphatic rings. The Labute approximate surface area is 125 Å². The number of nitrogens with one attached hydrogen (secondary N) is 1. The van der Waals surface area contributed by atoms with Crippen LogP contribution in [-0.2, 0) is 13.1 Å². The first kappa shape index (κ1) is 15.2. The third kappa shape index (κ3) is 3.27. The first-order valence-electron chi connectivity index (χ1n) is 6.34. The molecule has 21 heavy (non-hydrogen) atoms. The lowest BCUT2D eigenvalue weighted by atomic mass is 10.4. The van der Waals surface area contributed by atoms with Gasteiger partial charge in [-0.25, -0.2) is 10.1 Å². The Morgan fingerprint density at radius 2 is 2.29 bits per heavy atom. The molecule has 0 saturated heterocycles. The van der Waals surface area contributed by atoms with Crippen molar-refractivity contribution in [2.45, 2.75) is 26.9 Å². The number of aromatic nitrogens is 4. The van der Waals surface area contributed by atoms with Gasteiger partial charge in [-0.2, -0.15) is 19.7 Å². The van der Waals surface area contributed by atoms with Gasteiger partial charge in [0.25, 0.3) is 5.91 Å². The second-order valence-electron chi connectivity index (χ2n) is 4.09. The van der Waals surface area contributed by atoms with Gasteiger partial charge in [0, 0.05) is 19.3 Å². The van der Waals surface area contributed by atoms with Gasteiger partial charge in [0.1, 0.15) is 0 Å². The van der Waals surface area contributed by atoms with Gasteiger partial charge >= 0.3 is 0 Å². The smallest absolute Gasteiger partial charge is 0.271 e. The lowest BCUT2D eigenvalue weighted by Gasteiger charge is -1.96. The van der Waals surface area contributed by atoms with Crippen molar-refractivity contribution in [1.29, 1.82) is 0 Å². The second kappa shape index (κ2) is 6.49. The number of carbonyl (C=O) groups is 1. The number of halogens is 2. The number of amides is 1. The lowest BCUT2D eigenvalue weighted by molar-refractivity contribution is 0.0949. The van der Waals surface area contributed by atoms with Crippen molar-refractivity contribution in [1.82, 2.24) is 25.0 Å². The van der Waals surface area contributed by atoms with E-state index in [-0.39, 0.29) is 16.3 Å². The number of nitrogens with zero attached hydrogens (tertiary/aromatic N) is 5. The summed E-state index contributed by atoms with van der Waals surface area (Å²) in [7, 11) is 0. The van der Waals surface area contributed by atoms with E-state index in [1.54, 1.807) is 13.1 Å². The van der Waals surface area contributed by atoms with Crippen molar-refractivity contribution in [3.05, 3.63) is 34.6 Å². The van der Waals surface area contributed by atoms with Crippen molar-refractivity contribution >= 4 is 23.7 Å². The third-order valence-corrected chi connectivity index (χ3v) is 3.00. The molecule has 1 amide bonds. The van der Waals surface area contributed by atoms with Gasteiger partial charge in [0.2, 0.25) is 5.95 Å². The Balaban J connectivity index is 2.04. The Kier molecular flexibility index (Phi) is 4.69. The van der Waals surface area contributed by atoms with E-state index in [2.05, 4.69) is 20.7 Å². The Bertz CT molecular complexity index is 677. The van der Waals surface area contributed by atoms with Crippen molar-refractivity contribution in [2.24, 2.45) is 5.10 Å². The Hall–Kier alpha value is -2.22. The van der Waals surface area contributed by atoms with Crippen molar-refractivity contribution < 1.29 is 9.18 Å². The number of carbonyl (C=O) groups excluding carboxylic acids is 1. The molecule has 2 rings (SSSR count). The summed E-state index contributed by atoms with van der Waals surface area (Å²) in [5.41, 5.74) is 2.50. The molecule has 9 heteroatoms. The molecule has 2 heterocycles. The molecule has 0 aromatic carbocycles. The summed E-state index contributed by atoms with van der Waals surface area (Å²) >= 11 is 5.89. The normalized spacial score (nSPS) is 11.2. The van der Waals surface area contributed by atoms with E-state index in [9.17, 15) is 9.18 Å². The molecular weight excluding hydrogens is 299 g/mol. The van der Waals surface area contributed by atoms with Crippen LogP contribution in [0.4, 0.5) is 4.39 Å². The van der Waals surface area contributed by atoms with Crippen LogP contribution in [0.2, 0.25) is 5.02 Å². The first-order chi connectivity index (χ1) is 10.1. The van der Waals surface area contributed by atoms with E-state index in [1.807, 2.05) is 6.92 Å².